The average Bonchev–Trinajstić information content (AvgIpc) is 3.28. The fraction of sp³-hybridized carbons (Fsp3) is 0.0870. The summed E-state index contributed by atoms with van der Waals surface area (Å²) in [6, 6.07) is 18.5. The zero-order valence-corrected chi connectivity index (χ0v) is 18.2. The van der Waals surface area contributed by atoms with Crippen molar-refractivity contribution in [1.82, 2.24) is 4.98 Å². The molecule has 0 fully saturated rings. The van der Waals surface area contributed by atoms with Gasteiger partial charge in [-0.25, -0.2) is 18.5 Å². The second-order valence-electron chi connectivity index (χ2n) is 6.94. The summed E-state index contributed by atoms with van der Waals surface area (Å²) in [4.78, 5) is 4.15. The first-order chi connectivity index (χ1) is 14.9. The van der Waals surface area contributed by atoms with Crippen molar-refractivity contribution in [2.75, 3.05) is 7.11 Å². The number of ether oxygens (including phenoxy) is 1. The molecule has 0 amide bonds. The maximum atomic E-state index is 12.6. The predicted molar refractivity (Wildman–Crippen MR) is 120 cm³/mol. The van der Waals surface area contributed by atoms with Gasteiger partial charge in [-0.3, -0.25) is 0 Å². The van der Waals surface area contributed by atoms with Crippen LogP contribution in [0.25, 0.3) is 22.4 Å². The second-order valence-corrected chi connectivity index (χ2v) is 8.88. The van der Waals surface area contributed by atoms with Crippen molar-refractivity contribution < 1.29 is 17.6 Å². The SMILES string of the molecule is COc1ccc(-c2cc(Cc3ccccc3)c(-c3cocn3)c(S(N)(=O)=O)c2)cc1Cl. The number of rotatable bonds is 6. The minimum Gasteiger partial charge on any atom is -0.495 e. The molecule has 0 bridgehead atoms. The highest BCUT2D eigenvalue weighted by atomic mass is 35.5. The van der Waals surface area contributed by atoms with Crippen LogP contribution in [0.5, 0.6) is 5.75 Å². The Kier molecular flexibility index (Phi) is 5.82. The van der Waals surface area contributed by atoms with Crippen LogP contribution in [0.15, 0.2) is 82.6 Å². The van der Waals surface area contributed by atoms with Crippen LogP contribution in [-0.4, -0.2) is 20.5 Å². The van der Waals surface area contributed by atoms with E-state index in [4.69, 9.17) is 25.9 Å². The molecular formula is C23H19ClN2O4S. The Morgan fingerprint density at radius 1 is 1.06 bits per heavy atom. The molecule has 8 heteroatoms. The normalized spacial score (nSPS) is 11.5. The maximum Gasteiger partial charge on any atom is 0.238 e. The van der Waals surface area contributed by atoms with Crippen molar-refractivity contribution in [1.29, 1.82) is 0 Å². The lowest BCUT2D eigenvalue weighted by Crippen LogP contribution is -2.15. The molecule has 0 radical (unpaired) electrons. The third-order valence-electron chi connectivity index (χ3n) is 4.90. The monoisotopic (exact) mass is 454 g/mol. The molecule has 0 spiro atoms. The van der Waals surface area contributed by atoms with Crippen LogP contribution in [0.4, 0.5) is 0 Å². The Balaban J connectivity index is 1.98. The Morgan fingerprint density at radius 3 is 2.45 bits per heavy atom. The van der Waals surface area contributed by atoms with Crippen LogP contribution in [-0.2, 0) is 16.4 Å². The number of hydrogen-bond donors (Lipinski definition) is 1. The molecule has 1 heterocycles. The number of primary sulfonamides is 1. The van der Waals surface area contributed by atoms with E-state index in [0.717, 1.165) is 16.7 Å². The number of nitrogens with two attached hydrogens (primary N) is 1. The Bertz CT molecular complexity index is 1320. The third kappa shape index (κ3) is 4.49. The Morgan fingerprint density at radius 2 is 1.84 bits per heavy atom. The van der Waals surface area contributed by atoms with Gasteiger partial charge in [-0.15, -0.1) is 0 Å². The molecule has 1 aromatic heterocycles. The van der Waals surface area contributed by atoms with Crippen molar-refractivity contribution >= 4 is 21.6 Å². The first kappa shape index (κ1) is 21.1. The summed E-state index contributed by atoms with van der Waals surface area (Å²) in [6.45, 7) is 0. The van der Waals surface area contributed by atoms with E-state index in [1.54, 1.807) is 12.1 Å². The standard InChI is InChI=1S/C23H19ClN2O4S/c1-29-21-8-7-16(11-19(21)24)17-10-18(9-15-5-3-2-4-6-15)23(20-13-30-14-26-20)22(12-17)31(25,27)28/h2-8,10-14H,9H2,1H3,(H2,25,27,28). The Labute approximate surface area is 185 Å². The number of methoxy groups -OCH3 is 1. The molecule has 0 unspecified atom stereocenters. The topological polar surface area (TPSA) is 95.4 Å². The Hall–Kier alpha value is -3.13. The summed E-state index contributed by atoms with van der Waals surface area (Å²) >= 11 is 6.30. The van der Waals surface area contributed by atoms with E-state index in [0.29, 0.717) is 34.0 Å². The zero-order chi connectivity index (χ0) is 22.0. The molecule has 2 N–H and O–H groups in total. The minimum absolute atomic E-state index is 0.0308. The van der Waals surface area contributed by atoms with Gasteiger partial charge in [-0.1, -0.05) is 54.1 Å². The second kappa shape index (κ2) is 8.55. The summed E-state index contributed by atoms with van der Waals surface area (Å²) in [5.74, 6) is 0.529. The van der Waals surface area contributed by atoms with Crippen molar-refractivity contribution in [3.63, 3.8) is 0 Å². The van der Waals surface area contributed by atoms with Crippen molar-refractivity contribution in [3.8, 4) is 28.1 Å². The molecule has 0 aliphatic carbocycles. The molecule has 0 saturated carbocycles. The van der Waals surface area contributed by atoms with Gasteiger partial charge in [0.25, 0.3) is 0 Å². The quantitative estimate of drug-likeness (QED) is 0.446. The summed E-state index contributed by atoms with van der Waals surface area (Å²) in [7, 11) is -2.53. The molecule has 158 valence electrons. The van der Waals surface area contributed by atoms with Crippen LogP contribution in [0, 0.1) is 0 Å². The summed E-state index contributed by atoms with van der Waals surface area (Å²) in [5.41, 5.74) is 3.97. The lowest BCUT2D eigenvalue weighted by Gasteiger charge is -2.16. The van der Waals surface area contributed by atoms with Crippen LogP contribution in [0.1, 0.15) is 11.1 Å². The fourth-order valence-electron chi connectivity index (χ4n) is 3.49. The molecule has 0 atom stereocenters. The zero-order valence-electron chi connectivity index (χ0n) is 16.6. The first-order valence-electron chi connectivity index (χ1n) is 9.33. The molecule has 4 aromatic rings. The number of aromatic nitrogens is 1. The predicted octanol–water partition coefficient (Wildman–Crippen LogP) is 4.91. The van der Waals surface area contributed by atoms with Gasteiger partial charge in [-0.2, -0.15) is 0 Å². The highest BCUT2D eigenvalue weighted by molar-refractivity contribution is 7.89. The first-order valence-corrected chi connectivity index (χ1v) is 11.3. The number of halogens is 1. The van der Waals surface area contributed by atoms with E-state index in [2.05, 4.69) is 4.98 Å². The number of sulfonamides is 1. The maximum absolute atomic E-state index is 12.6. The van der Waals surface area contributed by atoms with Crippen molar-refractivity contribution in [2.45, 2.75) is 11.3 Å². The molecule has 4 rings (SSSR count). The van der Waals surface area contributed by atoms with E-state index in [1.807, 2.05) is 42.5 Å². The van der Waals surface area contributed by atoms with Crippen LogP contribution in [0.2, 0.25) is 5.02 Å². The third-order valence-corrected chi connectivity index (χ3v) is 6.13. The van der Waals surface area contributed by atoms with E-state index in [1.165, 1.54) is 25.8 Å². The van der Waals surface area contributed by atoms with Gasteiger partial charge < -0.3 is 9.15 Å². The molecule has 0 aliphatic heterocycles. The van der Waals surface area contributed by atoms with E-state index in [9.17, 15) is 8.42 Å². The lowest BCUT2D eigenvalue weighted by molar-refractivity contribution is 0.415. The molecule has 0 aliphatic rings. The van der Waals surface area contributed by atoms with Crippen LogP contribution < -0.4 is 9.88 Å². The number of oxazole rings is 1. The number of hydrogen-bond acceptors (Lipinski definition) is 5. The van der Waals surface area contributed by atoms with Gasteiger partial charge in [0, 0.05) is 5.56 Å². The van der Waals surface area contributed by atoms with Gasteiger partial charge in [0.2, 0.25) is 10.0 Å². The highest BCUT2D eigenvalue weighted by Crippen LogP contribution is 2.37. The summed E-state index contributed by atoms with van der Waals surface area (Å²) in [5, 5.41) is 6.04. The van der Waals surface area contributed by atoms with Gasteiger partial charge in [0.1, 0.15) is 17.7 Å². The van der Waals surface area contributed by atoms with E-state index >= 15 is 0 Å². The van der Waals surface area contributed by atoms with Gasteiger partial charge in [-0.05, 0) is 46.9 Å². The van der Waals surface area contributed by atoms with E-state index < -0.39 is 10.0 Å². The number of benzene rings is 3. The largest absolute Gasteiger partial charge is 0.495 e. The summed E-state index contributed by atoms with van der Waals surface area (Å²) in [6.07, 6.45) is 3.14. The van der Waals surface area contributed by atoms with E-state index in [-0.39, 0.29) is 4.90 Å². The fourth-order valence-corrected chi connectivity index (χ4v) is 4.56. The number of nitrogens with zero attached hydrogens (tertiary/aromatic N) is 1. The molecule has 6 nitrogen and oxygen atoms in total. The average molecular weight is 455 g/mol. The highest BCUT2D eigenvalue weighted by Gasteiger charge is 2.23. The summed E-state index contributed by atoms with van der Waals surface area (Å²) < 4.78 is 35.5. The molecule has 0 saturated heterocycles. The van der Waals surface area contributed by atoms with Crippen LogP contribution in [0.3, 0.4) is 0 Å². The smallest absolute Gasteiger partial charge is 0.238 e. The van der Waals surface area contributed by atoms with Crippen molar-refractivity contribution in [2.24, 2.45) is 5.14 Å². The molecular weight excluding hydrogens is 436 g/mol. The van der Waals surface area contributed by atoms with Gasteiger partial charge in [0.05, 0.1) is 17.0 Å². The lowest BCUT2D eigenvalue weighted by atomic mass is 9.93. The van der Waals surface area contributed by atoms with Crippen LogP contribution >= 0.6 is 11.6 Å². The minimum atomic E-state index is -4.07. The van der Waals surface area contributed by atoms with Crippen molar-refractivity contribution in [3.05, 3.63) is 89.5 Å². The van der Waals surface area contributed by atoms with Gasteiger partial charge in [0.15, 0.2) is 6.39 Å². The molecule has 3 aromatic carbocycles. The van der Waals surface area contributed by atoms with Gasteiger partial charge >= 0.3 is 0 Å². The molecule has 31 heavy (non-hydrogen) atoms.